The lowest BCUT2D eigenvalue weighted by atomic mass is 9.53. The smallest absolute Gasteiger partial charge is 0.303 e. The van der Waals surface area contributed by atoms with Gasteiger partial charge in [0.15, 0.2) is 0 Å². The molecule has 0 heterocycles. The summed E-state index contributed by atoms with van der Waals surface area (Å²) < 4.78 is 5.57. The Balaban J connectivity index is 1.89. The van der Waals surface area contributed by atoms with Gasteiger partial charge in [0, 0.05) is 18.8 Å². The van der Waals surface area contributed by atoms with Gasteiger partial charge in [-0.25, -0.2) is 0 Å². The highest BCUT2D eigenvalue weighted by atomic mass is 16.6. The Labute approximate surface area is 94.7 Å². The highest BCUT2D eigenvalue weighted by Gasteiger charge is 2.56. The van der Waals surface area contributed by atoms with Crippen LogP contribution in [0.15, 0.2) is 5.16 Å². The first-order valence-corrected chi connectivity index (χ1v) is 6.03. The van der Waals surface area contributed by atoms with Crippen LogP contribution in [0.3, 0.4) is 0 Å². The molecule has 4 heteroatoms. The molecule has 0 aromatic carbocycles. The highest BCUT2D eigenvalue weighted by molar-refractivity contribution is 5.90. The van der Waals surface area contributed by atoms with Crippen LogP contribution in [0.2, 0.25) is 0 Å². The summed E-state index contributed by atoms with van der Waals surface area (Å²) in [5.74, 6) is 1.16. The maximum atomic E-state index is 11.2. The van der Waals surface area contributed by atoms with Gasteiger partial charge in [-0.15, -0.1) is 0 Å². The number of hydrogen-bond acceptors (Lipinski definition) is 4. The molecular weight excluding hydrogens is 206 g/mol. The molecule has 0 aliphatic heterocycles. The van der Waals surface area contributed by atoms with Gasteiger partial charge in [-0.2, -0.15) is 0 Å². The number of carbonyl (C=O) groups is 1. The number of rotatable bonds is 1. The third-order valence-electron chi connectivity index (χ3n) is 4.45. The van der Waals surface area contributed by atoms with E-state index in [2.05, 4.69) is 5.16 Å². The summed E-state index contributed by atoms with van der Waals surface area (Å²) in [4.78, 5) is 11.2. The van der Waals surface area contributed by atoms with Gasteiger partial charge in [-0.05, 0) is 38.0 Å². The monoisotopic (exact) mass is 223 g/mol. The van der Waals surface area contributed by atoms with E-state index < -0.39 is 0 Å². The molecule has 4 rings (SSSR count). The Bertz CT molecular complexity index is 345. The van der Waals surface area contributed by atoms with E-state index in [0.717, 1.165) is 37.8 Å². The van der Waals surface area contributed by atoms with Gasteiger partial charge in [-0.1, -0.05) is 5.16 Å². The van der Waals surface area contributed by atoms with Gasteiger partial charge in [0.2, 0.25) is 0 Å². The van der Waals surface area contributed by atoms with E-state index in [0.29, 0.717) is 17.8 Å². The zero-order chi connectivity index (χ0) is 11.3. The van der Waals surface area contributed by atoms with E-state index in [-0.39, 0.29) is 11.6 Å². The SMILES string of the molecule is CC(=O)OC12CC3C[C@H](C1)C(=NO)[C@@H](C3)C2. The summed E-state index contributed by atoms with van der Waals surface area (Å²) >= 11 is 0. The lowest BCUT2D eigenvalue weighted by Crippen LogP contribution is -2.56. The normalized spacial score (nSPS) is 47.3. The van der Waals surface area contributed by atoms with E-state index in [1.807, 2.05) is 0 Å². The van der Waals surface area contributed by atoms with Crippen molar-refractivity contribution in [3.8, 4) is 0 Å². The largest absolute Gasteiger partial charge is 0.459 e. The van der Waals surface area contributed by atoms with Gasteiger partial charge in [0.05, 0.1) is 5.71 Å². The molecular formula is C12H17NO3. The predicted molar refractivity (Wildman–Crippen MR) is 57.3 cm³/mol. The Morgan fingerprint density at radius 3 is 2.50 bits per heavy atom. The van der Waals surface area contributed by atoms with Crippen LogP contribution in [0, 0.1) is 17.8 Å². The zero-order valence-corrected chi connectivity index (χ0v) is 9.48. The molecule has 0 aromatic heterocycles. The predicted octanol–water partition coefficient (Wildman–Crippen LogP) is 1.96. The van der Waals surface area contributed by atoms with Crippen molar-refractivity contribution in [3.05, 3.63) is 0 Å². The summed E-state index contributed by atoms with van der Waals surface area (Å²) in [5.41, 5.74) is 0.718. The van der Waals surface area contributed by atoms with Crippen LogP contribution in [-0.2, 0) is 9.53 Å². The number of carbonyl (C=O) groups excluding carboxylic acids is 1. The fourth-order valence-corrected chi connectivity index (χ4v) is 4.29. The Morgan fingerprint density at radius 1 is 1.38 bits per heavy atom. The van der Waals surface area contributed by atoms with Crippen LogP contribution in [0.4, 0.5) is 0 Å². The van der Waals surface area contributed by atoms with Crippen molar-refractivity contribution >= 4 is 11.7 Å². The summed E-state index contributed by atoms with van der Waals surface area (Å²) in [6.45, 7) is 1.49. The van der Waals surface area contributed by atoms with Crippen molar-refractivity contribution in [2.45, 2.75) is 44.6 Å². The fourth-order valence-electron chi connectivity index (χ4n) is 4.29. The van der Waals surface area contributed by atoms with Crippen molar-refractivity contribution in [1.82, 2.24) is 0 Å². The lowest BCUT2D eigenvalue weighted by Gasteiger charge is -2.55. The van der Waals surface area contributed by atoms with Crippen LogP contribution in [0.5, 0.6) is 0 Å². The third kappa shape index (κ3) is 1.35. The number of oxime groups is 1. The molecule has 4 aliphatic rings. The third-order valence-corrected chi connectivity index (χ3v) is 4.45. The fraction of sp³-hybridized carbons (Fsp3) is 0.833. The second-order valence-electron chi connectivity index (χ2n) is 5.65. The highest BCUT2D eigenvalue weighted by Crippen LogP contribution is 2.55. The summed E-state index contributed by atoms with van der Waals surface area (Å²) in [6, 6.07) is 0. The minimum atomic E-state index is -0.240. The Morgan fingerprint density at radius 2 is 2.00 bits per heavy atom. The molecule has 0 saturated heterocycles. The number of hydrogen-bond donors (Lipinski definition) is 1. The number of esters is 1. The van der Waals surface area contributed by atoms with E-state index in [9.17, 15) is 4.79 Å². The van der Waals surface area contributed by atoms with Crippen molar-refractivity contribution < 1.29 is 14.7 Å². The topological polar surface area (TPSA) is 58.9 Å². The molecule has 0 amide bonds. The number of nitrogens with zero attached hydrogens (tertiary/aromatic N) is 1. The first-order chi connectivity index (χ1) is 7.62. The van der Waals surface area contributed by atoms with Crippen LogP contribution < -0.4 is 0 Å². The van der Waals surface area contributed by atoms with Gasteiger partial charge >= 0.3 is 5.97 Å². The minimum absolute atomic E-state index is 0.176. The van der Waals surface area contributed by atoms with Crippen molar-refractivity contribution in [3.63, 3.8) is 0 Å². The standard InChI is InChI=1S/C12H17NO3/c1-7(14)16-12-4-8-2-9(5-12)11(13-15)10(3-8)6-12/h8-10,15H,2-6H2,1H3/t8?,9-,10+,12?. The average Bonchev–Trinajstić information content (AvgIpc) is 2.13. The molecule has 88 valence electrons. The van der Waals surface area contributed by atoms with E-state index in [1.165, 1.54) is 6.92 Å². The quantitative estimate of drug-likeness (QED) is 0.420. The molecule has 4 saturated carbocycles. The van der Waals surface area contributed by atoms with Crippen molar-refractivity contribution in [2.24, 2.45) is 22.9 Å². The summed E-state index contributed by atoms with van der Waals surface area (Å²) in [7, 11) is 0. The van der Waals surface area contributed by atoms with Crippen LogP contribution in [-0.4, -0.2) is 22.5 Å². The maximum Gasteiger partial charge on any atom is 0.303 e. The zero-order valence-electron chi connectivity index (χ0n) is 9.48. The van der Waals surface area contributed by atoms with Crippen molar-refractivity contribution in [2.75, 3.05) is 0 Å². The Kier molecular flexibility index (Phi) is 2.03. The second kappa shape index (κ2) is 3.22. The molecule has 4 aliphatic carbocycles. The van der Waals surface area contributed by atoms with Crippen molar-refractivity contribution in [1.29, 1.82) is 0 Å². The average molecular weight is 223 g/mol. The molecule has 4 nitrogen and oxygen atoms in total. The molecule has 16 heavy (non-hydrogen) atoms. The summed E-state index contributed by atoms with van der Waals surface area (Å²) in [6.07, 6.45) is 4.95. The minimum Gasteiger partial charge on any atom is -0.459 e. The second-order valence-corrected chi connectivity index (χ2v) is 5.65. The molecule has 0 spiro atoms. The molecule has 0 aromatic rings. The molecule has 4 atom stereocenters. The van der Waals surface area contributed by atoms with Crippen LogP contribution in [0.1, 0.15) is 39.0 Å². The lowest BCUT2D eigenvalue weighted by molar-refractivity contribution is -0.173. The first-order valence-electron chi connectivity index (χ1n) is 6.03. The molecule has 1 N–H and O–H groups in total. The van der Waals surface area contributed by atoms with Gasteiger partial charge < -0.3 is 9.94 Å². The molecule has 4 fully saturated rings. The number of ether oxygens (including phenoxy) is 1. The van der Waals surface area contributed by atoms with E-state index >= 15 is 0 Å². The molecule has 4 bridgehead atoms. The summed E-state index contributed by atoms with van der Waals surface area (Å²) in [5, 5.41) is 12.5. The van der Waals surface area contributed by atoms with E-state index in [1.54, 1.807) is 0 Å². The molecule has 2 unspecified atom stereocenters. The Hall–Kier alpha value is -1.06. The van der Waals surface area contributed by atoms with Gasteiger partial charge in [-0.3, -0.25) is 4.79 Å². The first kappa shape index (κ1) is 10.1. The van der Waals surface area contributed by atoms with Gasteiger partial charge in [0.25, 0.3) is 0 Å². The van der Waals surface area contributed by atoms with Gasteiger partial charge in [0.1, 0.15) is 5.60 Å². The maximum absolute atomic E-state index is 11.2. The van der Waals surface area contributed by atoms with Crippen LogP contribution >= 0.6 is 0 Å². The molecule has 0 radical (unpaired) electrons. The van der Waals surface area contributed by atoms with Crippen LogP contribution in [0.25, 0.3) is 0 Å². The van der Waals surface area contributed by atoms with E-state index in [4.69, 9.17) is 9.94 Å².